The number of hydrogen-bond acceptors (Lipinski definition) is 5. The van der Waals surface area contributed by atoms with Crippen molar-refractivity contribution in [3.8, 4) is 0 Å². The number of benzene rings is 2. The van der Waals surface area contributed by atoms with Gasteiger partial charge in [0.15, 0.2) is 9.84 Å². The molecule has 160 valence electrons. The van der Waals surface area contributed by atoms with E-state index in [2.05, 4.69) is 5.32 Å². The van der Waals surface area contributed by atoms with Crippen LogP contribution in [0.4, 0.5) is 9.18 Å². The van der Waals surface area contributed by atoms with Crippen molar-refractivity contribution in [2.24, 2.45) is 0 Å². The van der Waals surface area contributed by atoms with Gasteiger partial charge < -0.3 is 15.0 Å². The Bertz CT molecular complexity index is 997. The Morgan fingerprint density at radius 1 is 1.07 bits per heavy atom. The van der Waals surface area contributed by atoms with Crippen molar-refractivity contribution in [1.82, 2.24) is 10.2 Å². The number of halogens is 1. The summed E-state index contributed by atoms with van der Waals surface area (Å²) >= 11 is 0. The normalized spacial score (nSPS) is 18.3. The van der Waals surface area contributed by atoms with Crippen molar-refractivity contribution in [2.75, 3.05) is 25.4 Å². The van der Waals surface area contributed by atoms with Crippen LogP contribution in [0, 0.1) is 5.82 Å². The number of sulfone groups is 1. The number of carbonyl (C=O) groups is 2. The molecule has 7 nitrogen and oxygen atoms in total. The molecular weight excluding hydrogens is 411 g/mol. The molecule has 1 heterocycles. The lowest BCUT2D eigenvalue weighted by Gasteiger charge is -2.20. The highest BCUT2D eigenvalue weighted by atomic mass is 32.2. The third-order valence-electron chi connectivity index (χ3n) is 4.94. The molecule has 1 aliphatic heterocycles. The maximum absolute atomic E-state index is 14.1. The highest BCUT2D eigenvalue weighted by Gasteiger charge is 2.34. The van der Waals surface area contributed by atoms with Gasteiger partial charge >= 0.3 is 6.09 Å². The molecule has 2 aromatic carbocycles. The summed E-state index contributed by atoms with van der Waals surface area (Å²) in [6.07, 6.45) is -0.646. The van der Waals surface area contributed by atoms with Crippen LogP contribution in [0.3, 0.4) is 0 Å². The van der Waals surface area contributed by atoms with Crippen LogP contribution in [0.5, 0.6) is 0 Å². The van der Waals surface area contributed by atoms with Gasteiger partial charge in [0.05, 0.1) is 11.0 Å². The number of hydrogen-bond donors (Lipinski definition) is 1. The second-order valence-electron chi connectivity index (χ2n) is 6.96. The van der Waals surface area contributed by atoms with Crippen LogP contribution in [0.2, 0.25) is 0 Å². The predicted molar refractivity (Wildman–Crippen MR) is 109 cm³/mol. The van der Waals surface area contributed by atoms with E-state index in [1.807, 2.05) is 30.3 Å². The maximum atomic E-state index is 14.1. The Labute approximate surface area is 174 Å². The largest absolute Gasteiger partial charge is 0.445 e. The molecule has 0 radical (unpaired) electrons. The third-order valence-corrected chi connectivity index (χ3v) is 7.05. The average Bonchev–Trinajstić information content (AvgIpc) is 2.90. The van der Waals surface area contributed by atoms with Gasteiger partial charge in [0.2, 0.25) is 5.91 Å². The lowest BCUT2D eigenvalue weighted by atomic mass is 10.1. The quantitative estimate of drug-likeness (QED) is 0.780. The molecule has 2 aromatic rings. The Hall–Kier alpha value is -2.94. The fraction of sp³-hybridized carbons (Fsp3) is 0.333. The summed E-state index contributed by atoms with van der Waals surface area (Å²) in [6, 6.07) is 14.9. The summed E-state index contributed by atoms with van der Waals surface area (Å²) in [5.41, 5.74) is 0.935. The second kappa shape index (κ2) is 9.71. The highest BCUT2D eigenvalue weighted by Crippen LogP contribution is 2.31. The van der Waals surface area contributed by atoms with E-state index < -0.39 is 32.9 Å². The lowest BCUT2D eigenvalue weighted by molar-refractivity contribution is -0.129. The summed E-state index contributed by atoms with van der Waals surface area (Å²) < 4.78 is 44.4. The van der Waals surface area contributed by atoms with E-state index in [-0.39, 0.29) is 44.0 Å². The first-order chi connectivity index (χ1) is 14.4. The monoisotopic (exact) mass is 434 g/mol. The van der Waals surface area contributed by atoms with E-state index >= 15 is 0 Å². The van der Waals surface area contributed by atoms with Crippen LogP contribution < -0.4 is 5.32 Å². The standard InChI is InChI=1S/C21H23FN2O5S/c22-18-9-5-4-8-17(18)19-10-11-24(12-13-30(19,27)28)20(25)14-23-21(26)29-15-16-6-2-1-3-7-16/h1-9,19H,10-15H2,(H,23,26)/t19-/m1/s1. The van der Waals surface area contributed by atoms with Crippen LogP contribution in [0.25, 0.3) is 0 Å². The Morgan fingerprint density at radius 3 is 2.50 bits per heavy atom. The highest BCUT2D eigenvalue weighted by molar-refractivity contribution is 7.91. The summed E-state index contributed by atoms with van der Waals surface area (Å²) in [5, 5.41) is 1.38. The van der Waals surface area contributed by atoms with E-state index in [4.69, 9.17) is 4.74 Å². The molecule has 1 fully saturated rings. The van der Waals surface area contributed by atoms with Crippen LogP contribution in [0.15, 0.2) is 54.6 Å². The average molecular weight is 434 g/mol. The van der Waals surface area contributed by atoms with Gasteiger partial charge in [0, 0.05) is 18.7 Å². The summed E-state index contributed by atoms with van der Waals surface area (Å²) in [7, 11) is -3.62. The van der Waals surface area contributed by atoms with Gasteiger partial charge in [-0.1, -0.05) is 48.5 Å². The predicted octanol–water partition coefficient (Wildman–Crippen LogP) is 2.44. The molecular formula is C21H23FN2O5S. The van der Waals surface area contributed by atoms with Gasteiger partial charge in [-0.05, 0) is 18.1 Å². The van der Waals surface area contributed by atoms with Crippen molar-refractivity contribution in [1.29, 1.82) is 0 Å². The molecule has 1 saturated heterocycles. The van der Waals surface area contributed by atoms with Crippen molar-refractivity contribution < 1.29 is 27.1 Å². The smallest absolute Gasteiger partial charge is 0.407 e. The number of ether oxygens (including phenoxy) is 1. The van der Waals surface area contributed by atoms with Crippen LogP contribution in [-0.2, 0) is 26.0 Å². The van der Waals surface area contributed by atoms with Crippen LogP contribution in [-0.4, -0.2) is 50.7 Å². The first-order valence-corrected chi connectivity index (χ1v) is 11.3. The molecule has 1 aliphatic rings. The van der Waals surface area contributed by atoms with Gasteiger partial charge in [-0.15, -0.1) is 0 Å². The molecule has 9 heteroatoms. The topological polar surface area (TPSA) is 92.8 Å². The molecule has 3 rings (SSSR count). The minimum absolute atomic E-state index is 0.00708. The number of rotatable bonds is 5. The van der Waals surface area contributed by atoms with E-state index in [0.717, 1.165) is 5.56 Å². The van der Waals surface area contributed by atoms with Crippen molar-refractivity contribution in [2.45, 2.75) is 18.3 Å². The number of nitrogens with one attached hydrogen (secondary N) is 1. The fourth-order valence-corrected chi connectivity index (χ4v) is 5.11. The minimum atomic E-state index is -3.62. The van der Waals surface area contributed by atoms with Gasteiger partial charge in [-0.25, -0.2) is 17.6 Å². The van der Waals surface area contributed by atoms with Crippen molar-refractivity contribution in [3.63, 3.8) is 0 Å². The first kappa shape index (κ1) is 21.8. The summed E-state index contributed by atoms with van der Waals surface area (Å²) in [5.74, 6) is -1.26. The van der Waals surface area contributed by atoms with E-state index in [9.17, 15) is 22.4 Å². The Kier molecular flexibility index (Phi) is 7.04. The summed E-state index contributed by atoms with van der Waals surface area (Å²) in [6.45, 7) is -0.0875. The van der Waals surface area contributed by atoms with Crippen molar-refractivity contribution in [3.05, 3.63) is 71.5 Å². The molecule has 0 unspecified atom stereocenters. The molecule has 1 N–H and O–H groups in total. The molecule has 0 aliphatic carbocycles. The van der Waals surface area contributed by atoms with Gasteiger partial charge in [-0.3, -0.25) is 4.79 Å². The number of carbonyl (C=O) groups excluding carboxylic acids is 2. The van der Waals surface area contributed by atoms with Crippen LogP contribution in [0.1, 0.15) is 22.8 Å². The van der Waals surface area contributed by atoms with E-state index in [1.165, 1.54) is 23.1 Å². The molecule has 30 heavy (non-hydrogen) atoms. The van der Waals surface area contributed by atoms with Gasteiger partial charge in [-0.2, -0.15) is 0 Å². The minimum Gasteiger partial charge on any atom is -0.445 e. The maximum Gasteiger partial charge on any atom is 0.407 e. The van der Waals surface area contributed by atoms with E-state index in [1.54, 1.807) is 6.07 Å². The molecule has 0 bridgehead atoms. The number of amides is 2. The molecule has 2 amide bonds. The molecule has 1 atom stereocenters. The molecule has 0 aromatic heterocycles. The Balaban J connectivity index is 1.53. The lowest BCUT2D eigenvalue weighted by Crippen LogP contribution is -2.41. The van der Waals surface area contributed by atoms with Crippen LogP contribution >= 0.6 is 0 Å². The molecule has 0 spiro atoms. The Morgan fingerprint density at radius 2 is 1.77 bits per heavy atom. The molecule has 0 saturated carbocycles. The number of nitrogens with zero attached hydrogens (tertiary/aromatic N) is 1. The first-order valence-electron chi connectivity index (χ1n) is 9.55. The van der Waals surface area contributed by atoms with Gasteiger partial charge in [0.25, 0.3) is 0 Å². The zero-order valence-corrected chi connectivity index (χ0v) is 17.1. The second-order valence-corrected chi connectivity index (χ2v) is 9.26. The van der Waals surface area contributed by atoms with Gasteiger partial charge in [0.1, 0.15) is 19.0 Å². The summed E-state index contributed by atoms with van der Waals surface area (Å²) in [4.78, 5) is 25.6. The fourth-order valence-electron chi connectivity index (χ4n) is 3.31. The van der Waals surface area contributed by atoms with Crippen molar-refractivity contribution >= 4 is 21.8 Å². The SMILES string of the molecule is O=C(NCC(=O)N1CC[C@H](c2ccccc2F)S(=O)(=O)CC1)OCc1ccccc1. The third kappa shape index (κ3) is 5.56. The van der Waals surface area contributed by atoms with E-state index in [0.29, 0.717) is 0 Å². The zero-order chi connectivity index (χ0) is 21.6. The zero-order valence-electron chi connectivity index (χ0n) is 16.3. The number of alkyl carbamates (subject to hydrolysis) is 1.